The molecule has 3 nitrogen and oxygen atoms in total. The van der Waals surface area contributed by atoms with Gasteiger partial charge in [0.2, 0.25) is 0 Å². The molecule has 0 aliphatic carbocycles. The van der Waals surface area contributed by atoms with Gasteiger partial charge in [-0.25, -0.2) is 9.97 Å². The second-order valence-corrected chi connectivity index (χ2v) is 4.95. The molecule has 0 aliphatic heterocycles. The molecular formula is C15H11N3S. The fourth-order valence-electron chi connectivity index (χ4n) is 1.67. The average Bonchev–Trinajstić information content (AvgIpc) is 2.88. The van der Waals surface area contributed by atoms with Crippen LogP contribution in [0.2, 0.25) is 0 Å². The standard InChI is InChI=1S/C15H11N3S/c1-16-12-7-4-11(5-8-12)6-9-14-18-15-13(19-14)3-2-10-17-15/h2-5,7-8,10,16H,1H3. The maximum atomic E-state index is 4.38. The maximum Gasteiger partial charge on any atom is 0.171 e. The van der Waals surface area contributed by atoms with Crippen molar-refractivity contribution >= 4 is 27.4 Å². The molecule has 0 radical (unpaired) electrons. The van der Waals surface area contributed by atoms with Gasteiger partial charge < -0.3 is 5.32 Å². The Morgan fingerprint density at radius 1 is 1.11 bits per heavy atom. The highest BCUT2D eigenvalue weighted by Gasteiger charge is 2.00. The maximum absolute atomic E-state index is 4.38. The zero-order chi connectivity index (χ0) is 13.1. The van der Waals surface area contributed by atoms with Crippen molar-refractivity contribution in [1.29, 1.82) is 0 Å². The Morgan fingerprint density at radius 2 is 1.95 bits per heavy atom. The summed E-state index contributed by atoms with van der Waals surface area (Å²) in [6, 6.07) is 11.9. The molecular weight excluding hydrogens is 254 g/mol. The summed E-state index contributed by atoms with van der Waals surface area (Å²) < 4.78 is 1.07. The quantitative estimate of drug-likeness (QED) is 0.687. The lowest BCUT2D eigenvalue weighted by Gasteiger charge is -1.97. The normalized spacial score (nSPS) is 9.95. The van der Waals surface area contributed by atoms with E-state index >= 15 is 0 Å². The number of rotatable bonds is 1. The van der Waals surface area contributed by atoms with E-state index in [2.05, 4.69) is 27.1 Å². The van der Waals surface area contributed by atoms with Crippen molar-refractivity contribution in [1.82, 2.24) is 9.97 Å². The summed E-state index contributed by atoms with van der Waals surface area (Å²) in [6.45, 7) is 0. The van der Waals surface area contributed by atoms with E-state index < -0.39 is 0 Å². The molecule has 2 aromatic heterocycles. The van der Waals surface area contributed by atoms with Crippen LogP contribution in [-0.2, 0) is 0 Å². The number of thiazole rings is 1. The Hall–Kier alpha value is -2.38. The fourth-order valence-corrected chi connectivity index (χ4v) is 2.45. The summed E-state index contributed by atoms with van der Waals surface area (Å²) in [4.78, 5) is 8.59. The minimum atomic E-state index is 0.766. The first-order chi connectivity index (χ1) is 9.35. The summed E-state index contributed by atoms with van der Waals surface area (Å²) in [5.41, 5.74) is 2.82. The Labute approximate surface area is 115 Å². The van der Waals surface area contributed by atoms with Crippen LogP contribution in [0.15, 0.2) is 42.6 Å². The van der Waals surface area contributed by atoms with Gasteiger partial charge in [0.05, 0.1) is 4.70 Å². The minimum Gasteiger partial charge on any atom is -0.388 e. The third kappa shape index (κ3) is 2.56. The molecule has 2 heterocycles. The Balaban J connectivity index is 1.89. The summed E-state index contributed by atoms with van der Waals surface area (Å²) in [5.74, 6) is 6.20. The molecule has 92 valence electrons. The average molecular weight is 265 g/mol. The van der Waals surface area contributed by atoms with Gasteiger partial charge in [0.1, 0.15) is 0 Å². The van der Waals surface area contributed by atoms with Gasteiger partial charge in [-0.05, 0) is 42.3 Å². The number of hydrogen-bond donors (Lipinski definition) is 1. The minimum absolute atomic E-state index is 0.766. The number of aromatic nitrogens is 2. The largest absolute Gasteiger partial charge is 0.388 e. The monoisotopic (exact) mass is 265 g/mol. The summed E-state index contributed by atoms with van der Waals surface area (Å²) in [6.07, 6.45) is 1.75. The highest BCUT2D eigenvalue weighted by Crippen LogP contribution is 2.18. The Morgan fingerprint density at radius 3 is 2.68 bits per heavy atom. The van der Waals surface area contributed by atoms with Gasteiger partial charge >= 0.3 is 0 Å². The van der Waals surface area contributed by atoms with Gasteiger partial charge in [0.15, 0.2) is 10.7 Å². The molecule has 0 saturated heterocycles. The summed E-state index contributed by atoms with van der Waals surface area (Å²) in [7, 11) is 1.90. The van der Waals surface area contributed by atoms with Crippen molar-refractivity contribution in [2.75, 3.05) is 12.4 Å². The Kier molecular flexibility index (Phi) is 3.13. The molecule has 1 N–H and O–H groups in total. The number of nitrogens with zero attached hydrogens (tertiary/aromatic N) is 2. The highest BCUT2D eigenvalue weighted by atomic mass is 32.1. The predicted molar refractivity (Wildman–Crippen MR) is 79.4 cm³/mol. The fraction of sp³-hybridized carbons (Fsp3) is 0.0667. The van der Waals surface area contributed by atoms with E-state index in [1.54, 1.807) is 17.5 Å². The molecule has 3 aromatic rings. The van der Waals surface area contributed by atoms with E-state index in [0.29, 0.717) is 0 Å². The zero-order valence-corrected chi connectivity index (χ0v) is 11.2. The molecule has 0 saturated carbocycles. The molecule has 0 spiro atoms. The first-order valence-electron chi connectivity index (χ1n) is 5.86. The first kappa shape index (κ1) is 11.7. The van der Waals surface area contributed by atoms with Crippen molar-refractivity contribution in [2.24, 2.45) is 0 Å². The second kappa shape index (κ2) is 5.09. The number of hydrogen-bond acceptors (Lipinski definition) is 4. The SMILES string of the molecule is CNc1ccc(C#Cc2nc3ncccc3s2)cc1. The molecule has 3 rings (SSSR count). The van der Waals surface area contributed by atoms with E-state index in [4.69, 9.17) is 0 Å². The van der Waals surface area contributed by atoms with Crippen LogP contribution in [0, 0.1) is 11.8 Å². The van der Waals surface area contributed by atoms with Gasteiger partial charge in [0, 0.05) is 24.5 Å². The van der Waals surface area contributed by atoms with Crippen LogP contribution >= 0.6 is 11.3 Å². The van der Waals surface area contributed by atoms with Crippen LogP contribution in [0.3, 0.4) is 0 Å². The van der Waals surface area contributed by atoms with E-state index in [-0.39, 0.29) is 0 Å². The van der Waals surface area contributed by atoms with Crippen LogP contribution in [0.25, 0.3) is 10.3 Å². The van der Waals surface area contributed by atoms with Crippen LogP contribution in [0.4, 0.5) is 5.69 Å². The van der Waals surface area contributed by atoms with Crippen LogP contribution in [0.5, 0.6) is 0 Å². The lowest BCUT2D eigenvalue weighted by Crippen LogP contribution is -1.86. The second-order valence-electron chi connectivity index (χ2n) is 3.92. The van der Waals surface area contributed by atoms with Gasteiger partial charge in [-0.15, -0.1) is 11.3 Å². The first-order valence-corrected chi connectivity index (χ1v) is 6.68. The molecule has 4 heteroatoms. The van der Waals surface area contributed by atoms with Crippen LogP contribution in [0.1, 0.15) is 10.6 Å². The van der Waals surface area contributed by atoms with Crippen molar-refractivity contribution < 1.29 is 0 Å². The third-order valence-electron chi connectivity index (χ3n) is 2.65. The highest BCUT2D eigenvalue weighted by molar-refractivity contribution is 7.19. The van der Waals surface area contributed by atoms with Crippen molar-refractivity contribution in [3.8, 4) is 11.8 Å². The number of benzene rings is 1. The summed E-state index contributed by atoms with van der Waals surface area (Å²) >= 11 is 1.56. The number of fused-ring (bicyclic) bond motifs is 1. The van der Waals surface area contributed by atoms with Gasteiger partial charge in [-0.2, -0.15) is 0 Å². The molecule has 1 aromatic carbocycles. The molecule has 0 unspecified atom stereocenters. The van der Waals surface area contributed by atoms with Gasteiger partial charge in [-0.3, -0.25) is 0 Å². The van der Waals surface area contributed by atoms with Crippen molar-refractivity contribution in [3.63, 3.8) is 0 Å². The summed E-state index contributed by atoms with van der Waals surface area (Å²) in [5, 5.41) is 3.88. The van der Waals surface area contributed by atoms with Crippen LogP contribution in [-0.4, -0.2) is 17.0 Å². The van der Waals surface area contributed by atoms with E-state index in [0.717, 1.165) is 26.6 Å². The molecule has 19 heavy (non-hydrogen) atoms. The number of anilines is 1. The van der Waals surface area contributed by atoms with Crippen molar-refractivity contribution in [2.45, 2.75) is 0 Å². The third-order valence-corrected chi connectivity index (χ3v) is 3.58. The molecule has 0 atom stereocenters. The van der Waals surface area contributed by atoms with Gasteiger partial charge in [0.25, 0.3) is 0 Å². The van der Waals surface area contributed by atoms with Crippen molar-refractivity contribution in [3.05, 3.63) is 53.2 Å². The van der Waals surface area contributed by atoms with Gasteiger partial charge in [-0.1, -0.05) is 5.92 Å². The molecule has 0 bridgehead atoms. The van der Waals surface area contributed by atoms with E-state index in [1.807, 2.05) is 43.4 Å². The number of nitrogens with one attached hydrogen (secondary N) is 1. The topological polar surface area (TPSA) is 37.8 Å². The van der Waals surface area contributed by atoms with Crippen LogP contribution < -0.4 is 5.32 Å². The van der Waals surface area contributed by atoms with E-state index in [9.17, 15) is 0 Å². The zero-order valence-electron chi connectivity index (χ0n) is 10.3. The smallest absolute Gasteiger partial charge is 0.171 e. The molecule has 0 aliphatic rings. The molecule has 0 fully saturated rings. The predicted octanol–water partition coefficient (Wildman–Crippen LogP) is 3.13. The van der Waals surface area contributed by atoms with E-state index in [1.165, 1.54) is 0 Å². The Bertz CT molecular complexity index is 730. The lowest BCUT2D eigenvalue weighted by atomic mass is 10.2. The lowest BCUT2D eigenvalue weighted by molar-refractivity contribution is 1.31. The molecule has 0 amide bonds. The number of pyridine rings is 1.